The van der Waals surface area contributed by atoms with Crippen LogP contribution in [0.3, 0.4) is 0 Å². The molecule has 3 aromatic rings. The number of aromatic nitrogens is 2. The molecule has 5 rings (SSSR count). The average Bonchev–Trinajstić information content (AvgIpc) is 3.16. The van der Waals surface area contributed by atoms with Gasteiger partial charge in [0.2, 0.25) is 0 Å². The molecule has 3 N–H and O–H groups in total. The molecule has 2 aliphatic rings. The van der Waals surface area contributed by atoms with Crippen molar-refractivity contribution in [2.45, 2.75) is 31.2 Å². The first kappa shape index (κ1) is 23.5. The number of pyridine rings is 1. The lowest BCUT2D eigenvalue weighted by Crippen LogP contribution is -2.57. The molecular weight excluding hydrogens is 466 g/mol. The number of nitrogens with zero attached hydrogens (tertiary/aromatic N) is 2. The Morgan fingerprint density at radius 2 is 2.09 bits per heavy atom. The molecule has 0 saturated heterocycles. The molecule has 1 aromatic carbocycles. The number of hydrogen-bond donors (Lipinski definition) is 3. The third kappa shape index (κ3) is 4.44. The summed E-state index contributed by atoms with van der Waals surface area (Å²) in [5, 5.41) is 7.21. The van der Waals surface area contributed by atoms with Crippen molar-refractivity contribution in [1.29, 1.82) is 0 Å². The Labute approximate surface area is 210 Å². The smallest absolute Gasteiger partial charge is 0.255 e. The number of carbonyl (C=O) groups is 1. The second-order valence-electron chi connectivity index (χ2n) is 9.46. The van der Waals surface area contributed by atoms with Crippen LogP contribution in [0.4, 0.5) is 11.4 Å². The van der Waals surface area contributed by atoms with E-state index in [2.05, 4.69) is 25.5 Å². The number of halogens is 1. The van der Waals surface area contributed by atoms with Gasteiger partial charge in [-0.2, -0.15) is 0 Å². The molecule has 9 heteroatoms. The largest absolute Gasteiger partial charge is 0.493 e. The monoisotopic (exact) mass is 495 g/mol. The van der Waals surface area contributed by atoms with Gasteiger partial charge in [-0.25, -0.2) is 0 Å². The Hall–Kier alpha value is -3.23. The number of benzene rings is 1. The molecule has 1 fully saturated rings. The zero-order chi connectivity index (χ0) is 24.6. The van der Waals surface area contributed by atoms with Gasteiger partial charge in [-0.05, 0) is 51.6 Å². The minimum atomic E-state index is -0.152. The molecule has 0 atom stereocenters. The van der Waals surface area contributed by atoms with Crippen molar-refractivity contribution < 1.29 is 14.3 Å². The maximum absolute atomic E-state index is 13.4. The highest BCUT2D eigenvalue weighted by Crippen LogP contribution is 2.46. The van der Waals surface area contributed by atoms with Gasteiger partial charge < -0.3 is 30.0 Å². The van der Waals surface area contributed by atoms with Crippen molar-refractivity contribution in [3.8, 4) is 22.8 Å². The van der Waals surface area contributed by atoms with Gasteiger partial charge in [0.05, 0.1) is 41.0 Å². The van der Waals surface area contributed by atoms with Gasteiger partial charge in [-0.1, -0.05) is 17.7 Å². The van der Waals surface area contributed by atoms with E-state index in [0.29, 0.717) is 40.1 Å². The normalized spacial score (nSPS) is 16.0. The average molecular weight is 496 g/mol. The van der Waals surface area contributed by atoms with Gasteiger partial charge in [0.25, 0.3) is 5.91 Å². The molecule has 1 spiro atoms. The fourth-order valence-electron chi connectivity index (χ4n) is 4.84. The van der Waals surface area contributed by atoms with Crippen LogP contribution in [0.1, 0.15) is 35.3 Å². The summed E-state index contributed by atoms with van der Waals surface area (Å²) >= 11 is 6.39. The van der Waals surface area contributed by atoms with E-state index in [0.717, 1.165) is 49.2 Å². The highest BCUT2D eigenvalue weighted by Gasteiger charge is 2.45. The second-order valence-corrected chi connectivity index (χ2v) is 9.87. The van der Waals surface area contributed by atoms with E-state index in [1.54, 1.807) is 25.6 Å². The number of hydrogen-bond acceptors (Lipinski definition) is 6. The van der Waals surface area contributed by atoms with Crippen LogP contribution in [0.2, 0.25) is 5.02 Å². The van der Waals surface area contributed by atoms with E-state index in [1.807, 2.05) is 32.3 Å². The van der Waals surface area contributed by atoms with E-state index >= 15 is 0 Å². The molecule has 184 valence electrons. The van der Waals surface area contributed by atoms with Gasteiger partial charge >= 0.3 is 0 Å². The van der Waals surface area contributed by atoms with Crippen LogP contribution in [-0.4, -0.2) is 60.7 Å². The summed E-state index contributed by atoms with van der Waals surface area (Å²) in [5.41, 5.74) is 4.30. The fraction of sp³-hybridized carbons (Fsp3) is 0.385. The Morgan fingerprint density at radius 1 is 1.26 bits per heavy atom. The lowest BCUT2D eigenvalue weighted by Gasteiger charge is -2.45. The molecule has 1 saturated carbocycles. The van der Waals surface area contributed by atoms with Crippen LogP contribution >= 0.6 is 11.6 Å². The molecule has 0 bridgehead atoms. The number of fused-ring (bicyclic) bond motifs is 1. The van der Waals surface area contributed by atoms with Crippen LogP contribution in [0.15, 0.2) is 36.7 Å². The predicted molar refractivity (Wildman–Crippen MR) is 137 cm³/mol. The fourth-order valence-corrected chi connectivity index (χ4v) is 5.09. The highest BCUT2D eigenvalue weighted by molar-refractivity contribution is 6.32. The number of amides is 1. The molecule has 1 aliphatic carbocycles. The van der Waals surface area contributed by atoms with E-state index in [9.17, 15) is 4.79 Å². The molecule has 8 nitrogen and oxygen atoms in total. The van der Waals surface area contributed by atoms with Crippen molar-refractivity contribution in [3.63, 3.8) is 0 Å². The van der Waals surface area contributed by atoms with E-state index in [1.165, 1.54) is 0 Å². The van der Waals surface area contributed by atoms with Crippen LogP contribution in [0.25, 0.3) is 11.3 Å². The maximum Gasteiger partial charge on any atom is 0.255 e. The van der Waals surface area contributed by atoms with Crippen LogP contribution in [0, 0.1) is 0 Å². The topological polar surface area (TPSA) is 91.5 Å². The van der Waals surface area contributed by atoms with Gasteiger partial charge in [-0.15, -0.1) is 0 Å². The predicted octanol–water partition coefficient (Wildman–Crippen LogP) is 4.63. The summed E-state index contributed by atoms with van der Waals surface area (Å²) in [6.45, 7) is 1.28. The van der Waals surface area contributed by atoms with Gasteiger partial charge in [-0.3, -0.25) is 9.78 Å². The molecule has 0 radical (unpaired) electrons. The van der Waals surface area contributed by atoms with Gasteiger partial charge in [0.15, 0.2) is 5.75 Å². The number of anilines is 2. The van der Waals surface area contributed by atoms with Crippen LogP contribution in [0.5, 0.6) is 11.5 Å². The first-order valence-electron chi connectivity index (χ1n) is 11.8. The van der Waals surface area contributed by atoms with E-state index in [4.69, 9.17) is 21.1 Å². The van der Waals surface area contributed by atoms with Crippen molar-refractivity contribution in [3.05, 3.63) is 52.9 Å². The second kappa shape index (κ2) is 9.43. The Balaban J connectivity index is 1.62. The molecule has 35 heavy (non-hydrogen) atoms. The van der Waals surface area contributed by atoms with Crippen LogP contribution < -0.4 is 20.1 Å². The third-order valence-corrected chi connectivity index (χ3v) is 7.09. The standard InChI is InChI=1S/C26H30ClN5O3/c1-32(2)12-13-35-20-15-28-11-8-16(20)22-23(29-18-7-4-6-17(27)24(18)34-3)21-19(30-22)14-26(9-5-10-26)31-25(21)33/h4,6-8,11,15,29-30H,5,9-10,12-14H2,1-3H3,(H,31,33). The highest BCUT2D eigenvalue weighted by atomic mass is 35.5. The van der Waals surface area contributed by atoms with Crippen molar-refractivity contribution in [2.75, 3.05) is 39.7 Å². The number of methoxy groups -OCH3 is 1. The van der Waals surface area contributed by atoms with Crippen molar-refractivity contribution in [1.82, 2.24) is 20.2 Å². The minimum absolute atomic E-state index is 0.0823. The number of H-pyrrole nitrogens is 1. The Morgan fingerprint density at radius 3 is 2.80 bits per heavy atom. The summed E-state index contributed by atoms with van der Waals surface area (Å²) in [6.07, 6.45) is 7.31. The lowest BCUT2D eigenvalue weighted by atomic mass is 9.71. The van der Waals surface area contributed by atoms with Crippen molar-refractivity contribution in [2.24, 2.45) is 0 Å². The van der Waals surface area contributed by atoms with Gasteiger partial charge in [0.1, 0.15) is 12.4 Å². The summed E-state index contributed by atoms with van der Waals surface area (Å²) in [4.78, 5) is 23.3. The molecule has 1 aliphatic heterocycles. The SMILES string of the molecule is COc1c(Cl)cccc1Nc1c(-c2ccncc2OCCN(C)C)[nH]c2c1C(=O)NC1(CCC1)C2. The Bertz CT molecular complexity index is 1250. The molecule has 3 heterocycles. The molecule has 1 amide bonds. The van der Waals surface area contributed by atoms with Crippen LogP contribution in [-0.2, 0) is 6.42 Å². The van der Waals surface area contributed by atoms with Gasteiger partial charge in [0, 0.05) is 36.0 Å². The summed E-state index contributed by atoms with van der Waals surface area (Å²) < 4.78 is 11.7. The molecular formula is C26H30ClN5O3. The maximum atomic E-state index is 13.4. The molecule has 0 unspecified atom stereocenters. The third-order valence-electron chi connectivity index (χ3n) is 6.79. The zero-order valence-electron chi connectivity index (χ0n) is 20.2. The first-order chi connectivity index (χ1) is 16.9. The lowest BCUT2D eigenvalue weighted by molar-refractivity contribution is 0.0795. The van der Waals surface area contributed by atoms with Crippen molar-refractivity contribution >= 4 is 28.9 Å². The number of aromatic amines is 1. The number of rotatable bonds is 8. The number of ether oxygens (including phenoxy) is 2. The first-order valence-corrected chi connectivity index (χ1v) is 12.2. The number of likely N-dealkylation sites (N-methyl/N-ethyl adjacent to an activating group) is 1. The van der Waals surface area contributed by atoms with E-state index in [-0.39, 0.29) is 11.4 Å². The van der Waals surface area contributed by atoms with E-state index < -0.39 is 0 Å². The molecule has 2 aromatic heterocycles. The summed E-state index contributed by atoms with van der Waals surface area (Å²) in [5.74, 6) is 1.08. The summed E-state index contributed by atoms with van der Waals surface area (Å²) in [7, 11) is 5.58. The zero-order valence-corrected chi connectivity index (χ0v) is 21.0. The minimum Gasteiger partial charge on any atom is -0.493 e. The quantitative estimate of drug-likeness (QED) is 0.422. The summed E-state index contributed by atoms with van der Waals surface area (Å²) in [6, 6.07) is 7.39. The number of para-hydroxylation sites is 1. The number of carbonyl (C=O) groups excluding carboxylic acids is 1. The number of nitrogens with one attached hydrogen (secondary N) is 3. The Kier molecular flexibility index (Phi) is 6.34.